The van der Waals surface area contributed by atoms with Crippen molar-refractivity contribution in [3.05, 3.63) is 64.3 Å². The number of nitrogens with one attached hydrogen (secondary N) is 2. The lowest BCUT2D eigenvalue weighted by Crippen LogP contribution is -2.19. The van der Waals surface area contributed by atoms with E-state index in [1.807, 2.05) is 17.8 Å². The predicted octanol–water partition coefficient (Wildman–Crippen LogP) is 4.21. The molecular weight excluding hydrogens is 380 g/mol. The first-order valence-electron chi connectivity index (χ1n) is 8.29. The molecule has 0 saturated heterocycles. The summed E-state index contributed by atoms with van der Waals surface area (Å²) >= 11 is 6.80. The fourth-order valence-corrected chi connectivity index (χ4v) is 3.72. The van der Waals surface area contributed by atoms with Gasteiger partial charge in [0.25, 0.3) is 0 Å². The first kappa shape index (κ1) is 19.1. The Morgan fingerprint density at radius 2 is 2.00 bits per heavy atom. The van der Waals surface area contributed by atoms with Gasteiger partial charge in [-0.2, -0.15) is 5.10 Å². The molecule has 27 heavy (non-hydrogen) atoms. The summed E-state index contributed by atoms with van der Waals surface area (Å²) in [4.78, 5) is 12.8. The highest BCUT2D eigenvalue weighted by atomic mass is 32.1. The summed E-state index contributed by atoms with van der Waals surface area (Å²) in [7, 11) is 1.36. The van der Waals surface area contributed by atoms with Gasteiger partial charge in [0, 0.05) is 11.1 Å². The van der Waals surface area contributed by atoms with Crippen molar-refractivity contribution in [3.63, 3.8) is 0 Å². The van der Waals surface area contributed by atoms with Gasteiger partial charge in [0.1, 0.15) is 5.00 Å². The van der Waals surface area contributed by atoms with Gasteiger partial charge >= 0.3 is 5.97 Å². The second-order valence-corrected chi connectivity index (χ2v) is 7.75. The SMILES string of the molecule is COC(=O)c1cc(C)sc1NC(=S)Nc1cnn(Cc2ccc(C)cc2)c1. The van der Waals surface area contributed by atoms with Gasteiger partial charge in [0.05, 0.1) is 31.1 Å². The lowest BCUT2D eigenvalue weighted by Gasteiger charge is -2.08. The molecule has 0 saturated carbocycles. The molecule has 2 heterocycles. The molecule has 8 heteroatoms. The number of esters is 1. The van der Waals surface area contributed by atoms with Crippen LogP contribution in [0.1, 0.15) is 26.4 Å². The summed E-state index contributed by atoms with van der Waals surface area (Å²) in [6.07, 6.45) is 3.60. The number of aryl methyl sites for hydroxylation is 2. The molecule has 0 unspecified atom stereocenters. The highest BCUT2D eigenvalue weighted by molar-refractivity contribution is 7.80. The highest BCUT2D eigenvalue weighted by Crippen LogP contribution is 2.28. The third-order valence-electron chi connectivity index (χ3n) is 3.84. The van der Waals surface area contributed by atoms with Crippen molar-refractivity contribution in [2.75, 3.05) is 17.7 Å². The molecule has 0 atom stereocenters. The number of rotatable bonds is 5. The summed E-state index contributed by atoms with van der Waals surface area (Å²) < 4.78 is 6.65. The van der Waals surface area contributed by atoms with E-state index in [0.29, 0.717) is 22.2 Å². The smallest absolute Gasteiger partial charge is 0.340 e. The van der Waals surface area contributed by atoms with Crippen molar-refractivity contribution in [1.82, 2.24) is 9.78 Å². The zero-order valence-electron chi connectivity index (χ0n) is 15.3. The second-order valence-electron chi connectivity index (χ2n) is 6.08. The Morgan fingerprint density at radius 3 is 2.70 bits per heavy atom. The lowest BCUT2D eigenvalue weighted by molar-refractivity contribution is 0.0602. The van der Waals surface area contributed by atoms with Crippen molar-refractivity contribution >= 4 is 45.3 Å². The molecule has 0 aliphatic heterocycles. The van der Waals surface area contributed by atoms with Crippen LogP contribution in [0.3, 0.4) is 0 Å². The fourth-order valence-electron chi connectivity index (χ4n) is 2.53. The number of ether oxygens (including phenoxy) is 1. The molecule has 0 bridgehead atoms. The topological polar surface area (TPSA) is 68.2 Å². The number of aromatic nitrogens is 2. The largest absolute Gasteiger partial charge is 0.465 e. The van der Waals surface area contributed by atoms with Crippen molar-refractivity contribution in [2.45, 2.75) is 20.4 Å². The molecule has 6 nitrogen and oxygen atoms in total. The van der Waals surface area contributed by atoms with Gasteiger partial charge in [-0.15, -0.1) is 11.3 Å². The Balaban J connectivity index is 1.63. The average Bonchev–Trinajstić information content (AvgIpc) is 3.22. The van der Waals surface area contributed by atoms with Gasteiger partial charge in [0.2, 0.25) is 0 Å². The van der Waals surface area contributed by atoms with Gasteiger partial charge in [-0.05, 0) is 37.7 Å². The molecule has 140 valence electrons. The summed E-state index contributed by atoms with van der Waals surface area (Å²) in [5, 5.41) is 11.5. The second kappa shape index (κ2) is 8.32. The molecule has 0 spiro atoms. The molecule has 1 aromatic carbocycles. The van der Waals surface area contributed by atoms with E-state index < -0.39 is 5.97 Å². The van der Waals surface area contributed by atoms with E-state index >= 15 is 0 Å². The van der Waals surface area contributed by atoms with E-state index in [2.05, 4.69) is 46.9 Å². The first-order chi connectivity index (χ1) is 12.9. The molecule has 0 aliphatic carbocycles. The van der Waals surface area contributed by atoms with Crippen molar-refractivity contribution < 1.29 is 9.53 Å². The predicted molar refractivity (Wildman–Crippen MR) is 113 cm³/mol. The molecule has 3 rings (SSSR count). The summed E-state index contributed by atoms with van der Waals surface area (Å²) in [6, 6.07) is 10.1. The number of benzene rings is 1. The summed E-state index contributed by atoms with van der Waals surface area (Å²) in [5.41, 5.74) is 3.65. The molecule has 0 amide bonds. The standard InChI is InChI=1S/C19H20N4O2S2/c1-12-4-6-14(7-5-12)10-23-11-15(9-20-23)21-19(26)22-17-16(18(24)25-3)8-13(2)27-17/h4-9,11H,10H2,1-3H3,(H2,21,22,26). The number of hydrogen-bond acceptors (Lipinski definition) is 5. The molecule has 0 fully saturated rings. The number of methoxy groups -OCH3 is 1. The number of thiophene rings is 1. The molecule has 0 aliphatic rings. The third-order valence-corrected chi connectivity index (χ3v) is 5.01. The summed E-state index contributed by atoms with van der Waals surface area (Å²) in [6.45, 7) is 4.67. The Labute approximate surface area is 167 Å². The normalized spacial score (nSPS) is 10.5. The van der Waals surface area contributed by atoms with Crippen LogP contribution < -0.4 is 10.6 Å². The number of carbonyl (C=O) groups is 1. The Hall–Kier alpha value is -2.71. The third kappa shape index (κ3) is 4.93. The van der Waals surface area contributed by atoms with Crippen LogP contribution in [-0.4, -0.2) is 28.0 Å². The zero-order chi connectivity index (χ0) is 19.4. The molecule has 3 aromatic rings. The molecule has 0 radical (unpaired) electrons. The molecule has 2 aromatic heterocycles. The maximum absolute atomic E-state index is 11.9. The van der Waals surface area contributed by atoms with E-state index in [4.69, 9.17) is 17.0 Å². The Kier molecular flexibility index (Phi) is 5.88. The van der Waals surface area contributed by atoms with Gasteiger partial charge < -0.3 is 15.4 Å². The van der Waals surface area contributed by atoms with Crippen LogP contribution in [-0.2, 0) is 11.3 Å². The van der Waals surface area contributed by atoms with Crippen LogP contribution in [0.15, 0.2) is 42.7 Å². The average molecular weight is 401 g/mol. The van der Waals surface area contributed by atoms with E-state index in [1.54, 1.807) is 12.3 Å². The van der Waals surface area contributed by atoms with E-state index in [1.165, 1.54) is 29.6 Å². The van der Waals surface area contributed by atoms with Gasteiger partial charge in [0.15, 0.2) is 5.11 Å². The van der Waals surface area contributed by atoms with Crippen LogP contribution in [0.4, 0.5) is 10.7 Å². The van der Waals surface area contributed by atoms with Gasteiger partial charge in [-0.1, -0.05) is 29.8 Å². The van der Waals surface area contributed by atoms with Crippen LogP contribution >= 0.6 is 23.6 Å². The maximum Gasteiger partial charge on any atom is 0.340 e. The van der Waals surface area contributed by atoms with Crippen LogP contribution in [0, 0.1) is 13.8 Å². The van der Waals surface area contributed by atoms with Crippen LogP contribution in [0.5, 0.6) is 0 Å². The van der Waals surface area contributed by atoms with Gasteiger partial charge in [-0.3, -0.25) is 4.68 Å². The number of nitrogens with zero attached hydrogens (tertiary/aromatic N) is 2. The van der Waals surface area contributed by atoms with E-state index in [-0.39, 0.29) is 0 Å². The minimum absolute atomic E-state index is 0.386. The highest BCUT2D eigenvalue weighted by Gasteiger charge is 2.16. The fraction of sp³-hybridized carbons (Fsp3) is 0.211. The maximum atomic E-state index is 11.9. The molecular formula is C19H20N4O2S2. The van der Waals surface area contributed by atoms with E-state index in [9.17, 15) is 4.79 Å². The minimum atomic E-state index is -0.393. The lowest BCUT2D eigenvalue weighted by atomic mass is 10.1. The quantitative estimate of drug-likeness (QED) is 0.494. The van der Waals surface area contributed by atoms with Crippen molar-refractivity contribution in [3.8, 4) is 0 Å². The van der Waals surface area contributed by atoms with Crippen molar-refractivity contribution in [2.24, 2.45) is 0 Å². The zero-order valence-corrected chi connectivity index (χ0v) is 16.9. The number of carbonyl (C=O) groups excluding carboxylic acids is 1. The number of anilines is 2. The Morgan fingerprint density at radius 1 is 1.26 bits per heavy atom. The monoisotopic (exact) mass is 400 g/mol. The van der Waals surface area contributed by atoms with E-state index in [0.717, 1.165) is 10.6 Å². The first-order valence-corrected chi connectivity index (χ1v) is 9.52. The van der Waals surface area contributed by atoms with Gasteiger partial charge in [-0.25, -0.2) is 4.79 Å². The number of thiocarbonyl (C=S) groups is 1. The Bertz CT molecular complexity index is 961. The van der Waals surface area contributed by atoms with Crippen molar-refractivity contribution in [1.29, 1.82) is 0 Å². The molecule has 2 N–H and O–H groups in total. The minimum Gasteiger partial charge on any atom is -0.465 e. The van der Waals surface area contributed by atoms with Crippen LogP contribution in [0.25, 0.3) is 0 Å². The summed E-state index contributed by atoms with van der Waals surface area (Å²) in [5.74, 6) is -0.393. The van der Waals surface area contributed by atoms with Crippen LogP contribution in [0.2, 0.25) is 0 Å². The number of hydrogen-bond donors (Lipinski definition) is 2.